The first-order valence-electron chi connectivity index (χ1n) is 34.5. The molecule has 0 saturated heterocycles. The number of benzene rings is 4. The zero-order chi connectivity index (χ0) is 64.8. The van der Waals surface area contributed by atoms with Crippen LogP contribution in [0.3, 0.4) is 0 Å². The van der Waals surface area contributed by atoms with Crippen LogP contribution in [0, 0.1) is 11.8 Å². The van der Waals surface area contributed by atoms with Crippen molar-refractivity contribution in [3.05, 3.63) is 142 Å². The average Bonchev–Trinajstić information content (AvgIpc) is 1.85. The number of carbonyl (C=O) groups is 4. The van der Waals surface area contributed by atoms with Gasteiger partial charge in [0.05, 0.1) is 24.3 Å². The molecule has 15 nitrogen and oxygen atoms in total. The number of amides is 2. The zero-order valence-electron chi connectivity index (χ0n) is 55.4. The minimum Gasteiger partial charge on any atom is -0.510 e. The van der Waals surface area contributed by atoms with E-state index in [1.807, 2.05) is 24.3 Å². The molecular weight excluding hydrogens is 1130 g/mol. The van der Waals surface area contributed by atoms with Gasteiger partial charge in [-0.3, -0.25) is 9.59 Å². The minimum absolute atomic E-state index is 0.0211. The number of nitrogens with zero attached hydrogens (tertiary/aromatic N) is 4. The van der Waals surface area contributed by atoms with Crippen LogP contribution in [0.25, 0.3) is 0 Å². The molecule has 0 fully saturated rings. The lowest BCUT2D eigenvalue weighted by Crippen LogP contribution is -2.16. The van der Waals surface area contributed by atoms with Gasteiger partial charge in [-0.15, -0.1) is 20.5 Å². The largest absolute Gasteiger partial charge is 0.510 e. The van der Waals surface area contributed by atoms with Crippen molar-refractivity contribution in [1.82, 2.24) is 0 Å². The molecule has 0 radical (unpaired) electrons. The van der Waals surface area contributed by atoms with Crippen molar-refractivity contribution in [3.63, 3.8) is 0 Å². The number of ether oxygens (including phenoxy) is 2. The van der Waals surface area contributed by atoms with Crippen molar-refractivity contribution in [3.8, 4) is 0 Å². The molecule has 0 aliphatic heterocycles. The van der Waals surface area contributed by atoms with Gasteiger partial charge >= 0.3 is 11.9 Å². The van der Waals surface area contributed by atoms with E-state index in [0.29, 0.717) is 31.0 Å². The molecule has 15 heteroatoms. The van der Waals surface area contributed by atoms with Crippen LogP contribution in [-0.4, -0.2) is 58.9 Å². The maximum absolute atomic E-state index is 13.3. The number of hydrogen-bond donors (Lipinski definition) is 5. The molecule has 0 spiro atoms. The van der Waals surface area contributed by atoms with Crippen LogP contribution in [0.5, 0.6) is 0 Å². The summed E-state index contributed by atoms with van der Waals surface area (Å²) in [4.78, 5) is 52.7. The van der Waals surface area contributed by atoms with Gasteiger partial charge in [0, 0.05) is 18.0 Å². The molecule has 494 valence electrons. The van der Waals surface area contributed by atoms with Crippen LogP contribution in [0.2, 0.25) is 0 Å². The lowest BCUT2D eigenvalue weighted by Gasteiger charge is -2.28. The Balaban J connectivity index is 1.22. The summed E-state index contributed by atoms with van der Waals surface area (Å²) >= 11 is 0. The number of unbranched alkanes of at least 4 members (excludes halogenated alkanes) is 22. The Hall–Kier alpha value is -7.00. The van der Waals surface area contributed by atoms with Crippen LogP contribution in [0.15, 0.2) is 140 Å². The first kappa shape index (κ1) is 75.5. The Kier molecular flexibility index (Phi) is 39.4. The fourth-order valence-electron chi connectivity index (χ4n) is 11.4. The fourth-order valence-corrected chi connectivity index (χ4v) is 11.4. The van der Waals surface area contributed by atoms with Gasteiger partial charge < -0.3 is 35.4 Å². The molecule has 0 aromatic heterocycles. The van der Waals surface area contributed by atoms with E-state index in [2.05, 4.69) is 51.9 Å². The summed E-state index contributed by atoms with van der Waals surface area (Å²) in [6.45, 7) is 10.0. The maximum atomic E-state index is 13.3. The molecule has 0 heterocycles. The van der Waals surface area contributed by atoms with Gasteiger partial charge in [-0.05, 0) is 111 Å². The summed E-state index contributed by atoms with van der Waals surface area (Å²) in [5, 5.41) is 51.9. The zero-order valence-corrected chi connectivity index (χ0v) is 55.4. The molecule has 0 aliphatic carbocycles. The first-order chi connectivity index (χ1) is 43.9. The van der Waals surface area contributed by atoms with E-state index in [-0.39, 0.29) is 52.0 Å². The normalized spacial score (nSPS) is 12.8. The first-order valence-corrected chi connectivity index (χ1v) is 34.5. The van der Waals surface area contributed by atoms with Crippen molar-refractivity contribution in [1.29, 1.82) is 0 Å². The van der Waals surface area contributed by atoms with Gasteiger partial charge in [0.25, 0.3) is 11.8 Å². The molecule has 4 rings (SSSR count). The Morgan fingerprint density at radius 2 is 0.733 bits per heavy atom. The topological polar surface area (TPSA) is 221 Å². The molecule has 2 atom stereocenters. The van der Waals surface area contributed by atoms with Crippen LogP contribution >= 0.6 is 0 Å². The van der Waals surface area contributed by atoms with Crippen molar-refractivity contribution in [2.75, 3.05) is 30.5 Å². The van der Waals surface area contributed by atoms with Gasteiger partial charge in [-0.2, -0.15) is 0 Å². The Morgan fingerprint density at radius 1 is 0.411 bits per heavy atom. The maximum Gasteiger partial charge on any atom is 0.340 e. The lowest BCUT2D eigenvalue weighted by atomic mass is 9.78. The second-order valence-electron chi connectivity index (χ2n) is 24.3. The average molecular weight is 1240 g/mol. The summed E-state index contributed by atoms with van der Waals surface area (Å²) in [6.07, 6.45) is 39.2. The van der Waals surface area contributed by atoms with Crippen LogP contribution in [-0.2, 0) is 31.9 Å². The molecule has 5 N–H and O–H groups in total. The molecule has 90 heavy (non-hydrogen) atoms. The summed E-state index contributed by atoms with van der Waals surface area (Å²) in [6, 6.07) is 28.0. The van der Waals surface area contributed by atoms with E-state index < -0.39 is 23.8 Å². The number of aryl methyl sites for hydroxylation is 1. The number of rotatable bonds is 49. The van der Waals surface area contributed by atoms with Crippen molar-refractivity contribution < 1.29 is 44.0 Å². The number of anilines is 2. The van der Waals surface area contributed by atoms with Gasteiger partial charge in [0.2, 0.25) is 0 Å². The number of allylic oxidation sites excluding steroid dienone is 2. The lowest BCUT2D eigenvalue weighted by molar-refractivity contribution is -0.113. The van der Waals surface area contributed by atoms with Gasteiger partial charge in [0.15, 0.2) is 11.4 Å². The number of nitrogens with one attached hydrogen (secondary N) is 2. The second kappa shape index (κ2) is 47.0. The standard InChI is InChI=1S/C75H110N6O9/c1-6-9-11-13-15-21-27-38-62(40-29-23-17-19-25-35-56-89-74(87)66-42-31-33-44-68(66)78-80-70(58(4)83)72(85)76-64-50-46-60(37-8-3)47-51-64)63(39-28-22-16-14-12-10-7-2)41-30-24-18-20-26-36-57-90-75(88)67-43-32-34-45-69(67)79-81-71(59(5)84)73(86)77-65-52-48-61(49-53-65)54-55-82/h31-34,42-53,62-63,82-84H,6-30,35-41,54-57H2,1-5H3,(H,76,85)(H,77,86)/b70-58+,71-59+,80-78?,81-79?. The highest BCUT2D eigenvalue weighted by atomic mass is 16.5. The molecule has 0 bridgehead atoms. The van der Waals surface area contributed by atoms with Crippen molar-refractivity contribution in [2.24, 2.45) is 32.3 Å². The fraction of sp³-hybridized carbons (Fsp3) is 0.573. The molecular formula is C75H110N6O9. The highest BCUT2D eigenvalue weighted by Crippen LogP contribution is 2.34. The number of azo groups is 2. The highest BCUT2D eigenvalue weighted by Gasteiger charge is 2.22. The minimum atomic E-state index is -0.658. The molecule has 4 aromatic rings. The third-order valence-electron chi connectivity index (χ3n) is 16.7. The predicted molar refractivity (Wildman–Crippen MR) is 365 cm³/mol. The third kappa shape index (κ3) is 31.2. The van der Waals surface area contributed by atoms with Crippen LogP contribution in [0.4, 0.5) is 22.7 Å². The molecule has 4 aromatic carbocycles. The van der Waals surface area contributed by atoms with Gasteiger partial charge in [-0.1, -0.05) is 256 Å². The second-order valence-corrected chi connectivity index (χ2v) is 24.3. The number of aliphatic hydroxyl groups is 3. The highest BCUT2D eigenvalue weighted by molar-refractivity contribution is 6.04. The monoisotopic (exact) mass is 1240 g/mol. The van der Waals surface area contributed by atoms with Gasteiger partial charge in [0.1, 0.15) is 22.9 Å². The third-order valence-corrected chi connectivity index (χ3v) is 16.7. The summed E-state index contributed by atoms with van der Waals surface area (Å²) in [5.74, 6) is -1.39. The summed E-state index contributed by atoms with van der Waals surface area (Å²) in [5.41, 5.74) is 3.55. The van der Waals surface area contributed by atoms with E-state index >= 15 is 0 Å². The van der Waals surface area contributed by atoms with E-state index in [1.54, 1.807) is 72.8 Å². The van der Waals surface area contributed by atoms with Gasteiger partial charge in [-0.25, -0.2) is 9.59 Å². The molecule has 0 aliphatic rings. The Bertz CT molecular complexity index is 2600. The quantitative estimate of drug-likeness (QED) is 0.00932. The van der Waals surface area contributed by atoms with E-state index in [0.717, 1.165) is 81.6 Å². The van der Waals surface area contributed by atoms with Crippen molar-refractivity contribution >= 4 is 46.5 Å². The summed E-state index contributed by atoms with van der Waals surface area (Å²) in [7, 11) is 0. The smallest absolute Gasteiger partial charge is 0.340 e. The van der Waals surface area contributed by atoms with Crippen molar-refractivity contribution in [2.45, 2.75) is 247 Å². The predicted octanol–water partition coefficient (Wildman–Crippen LogP) is 21.2. The number of carbonyl (C=O) groups excluding carboxylic acids is 4. The molecule has 2 amide bonds. The van der Waals surface area contributed by atoms with Crippen LogP contribution < -0.4 is 10.6 Å². The Labute approximate surface area is 539 Å². The number of esters is 2. The Morgan fingerprint density at radius 3 is 1.07 bits per heavy atom. The molecule has 0 saturated carbocycles. The number of aliphatic hydroxyl groups excluding tert-OH is 3. The molecule has 2 unspecified atom stereocenters. The van der Waals surface area contributed by atoms with Crippen LogP contribution in [0.1, 0.15) is 266 Å². The number of hydrogen-bond acceptors (Lipinski definition) is 13. The summed E-state index contributed by atoms with van der Waals surface area (Å²) < 4.78 is 11.4. The van der Waals surface area contributed by atoms with E-state index in [9.17, 15) is 34.5 Å². The van der Waals surface area contributed by atoms with E-state index in [4.69, 9.17) is 9.47 Å². The SMILES string of the molecule is CCCCCCCCCC(CCCCCCCCOC(=O)c1ccccc1N=N/C(C(=O)Nc1ccc(CCC)cc1)=C(\C)O)C(CCCCCCCCC)CCCCCCCCOC(=O)c1ccccc1N=N/C(C(=O)Nc1ccc(CCO)cc1)=C(\C)O. The van der Waals surface area contributed by atoms with E-state index in [1.165, 1.54) is 161 Å².